The number of hydrogen-bond donors (Lipinski definition) is 2. The van der Waals surface area contributed by atoms with E-state index in [1.54, 1.807) is 4.90 Å². The highest BCUT2D eigenvalue weighted by Crippen LogP contribution is 1.94. The molecule has 0 unspecified atom stereocenters. The van der Waals surface area contributed by atoms with Gasteiger partial charge in [0, 0.05) is 28.9 Å². The maximum atomic E-state index is 10.4. The maximum Gasteiger partial charge on any atom is 0.312 e. The van der Waals surface area contributed by atoms with E-state index in [1.807, 2.05) is 0 Å². The molecule has 5 heteroatoms. The first kappa shape index (κ1) is 6.68. The Morgan fingerprint density at radius 1 is 1.75 bits per heavy atom. The zero-order valence-electron chi connectivity index (χ0n) is 8.88. The van der Waals surface area contributed by atoms with Crippen molar-refractivity contribution in [2.75, 3.05) is 39.3 Å². The predicted molar refractivity (Wildman–Crippen MR) is 44.8 cm³/mol. The van der Waals surface area contributed by atoms with Crippen LogP contribution in [-0.4, -0.2) is 50.3 Å². The van der Waals surface area contributed by atoms with Gasteiger partial charge < -0.3 is 15.8 Å². The number of amides is 2. The lowest BCUT2D eigenvalue weighted by Crippen LogP contribution is -2.42. The van der Waals surface area contributed by atoms with Crippen LogP contribution in [-0.2, 0) is 4.74 Å². The van der Waals surface area contributed by atoms with Crippen LogP contribution in [0.15, 0.2) is 0 Å². The van der Waals surface area contributed by atoms with Gasteiger partial charge in [-0.3, -0.25) is 4.90 Å². The van der Waals surface area contributed by atoms with Gasteiger partial charge in [-0.05, 0) is 0 Å². The van der Waals surface area contributed by atoms with Gasteiger partial charge >= 0.3 is 6.03 Å². The molecule has 1 aliphatic heterocycles. The Morgan fingerprint density at radius 2 is 2.58 bits per heavy atom. The molecule has 0 aliphatic carbocycles. The second-order valence-corrected chi connectivity index (χ2v) is 2.49. The Kier molecular flexibility index (Phi) is 2.75. The van der Waals surface area contributed by atoms with Gasteiger partial charge in [0.05, 0.1) is 13.2 Å². The zero-order valence-corrected chi connectivity index (χ0v) is 6.88. The Bertz CT molecular complexity index is 213. The quantitative estimate of drug-likeness (QED) is 0.577. The van der Waals surface area contributed by atoms with Gasteiger partial charge in [0.1, 0.15) is 0 Å². The smallest absolute Gasteiger partial charge is 0.312 e. The van der Waals surface area contributed by atoms with Crippen LogP contribution in [0, 0.1) is 0 Å². The summed E-state index contributed by atoms with van der Waals surface area (Å²) in [5, 5.41) is 2.42. The standard InChI is InChI=1S/C7H15N3O2/c8-7(11)9-1-2-10-3-5-12-6-4-10/h1-6H2,(H3,8,9,11)/i3D2. The molecule has 1 heterocycles. The van der Waals surface area contributed by atoms with Crippen LogP contribution in [0.4, 0.5) is 4.79 Å². The van der Waals surface area contributed by atoms with Gasteiger partial charge in [0.15, 0.2) is 0 Å². The average molecular weight is 175 g/mol. The molecule has 1 fully saturated rings. The third-order valence-corrected chi connectivity index (χ3v) is 1.58. The first-order chi connectivity index (χ1) is 6.52. The number of hydrogen-bond acceptors (Lipinski definition) is 3. The molecule has 1 aliphatic rings. The monoisotopic (exact) mass is 175 g/mol. The van der Waals surface area contributed by atoms with E-state index in [4.69, 9.17) is 13.2 Å². The van der Waals surface area contributed by atoms with Gasteiger partial charge in [0.25, 0.3) is 0 Å². The topological polar surface area (TPSA) is 67.6 Å². The number of morpholine rings is 1. The number of urea groups is 1. The Morgan fingerprint density at radius 3 is 3.25 bits per heavy atom. The second kappa shape index (κ2) is 4.95. The second-order valence-electron chi connectivity index (χ2n) is 2.49. The molecule has 0 bridgehead atoms. The summed E-state index contributed by atoms with van der Waals surface area (Å²) in [6, 6.07) is -0.584. The molecule has 0 aromatic carbocycles. The average Bonchev–Trinajstić information content (AvgIpc) is 2.07. The summed E-state index contributed by atoms with van der Waals surface area (Å²) in [7, 11) is 0. The van der Waals surface area contributed by atoms with Crippen LogP contribution in [0.3, 0.4) is 0 Å². The highest BCUT2D eigenvalue weighted by atomic mass is 16.5. The highest BCUT2D eigenvalue weighted by molar-refractivity contribution is 5.71. The summed E-state index contributed by atoms with van der Waals surface area (Å²) in [6.07, 6.45) is 0. The van der Waals surface area contributed by atoms with Gasteiger partial charge in [-0.2, -0.15) is 0 Å². The molecular weight excluding hydrogens is 158 g/mol. The minimum Gasteiger partial charge on any atom is -0.379 e. The lowest BCUT2D eigenvalue weighted by molar-refractivity contribution is 0.0387. The van der Waals surface area contributed by atoms with E-state index in [1.165, 1.54) is 0 Å². The van der Waals surface area contributed by atoms with Gasteiger partial charge in [-0.25, -0.2) is 4.79 Å². The largest absolute Gasteiger partial charge is 0.379 e. The van der Waals surface area contributed by atoms with Crippen molar-refractivity contribution >= 4 is 6.03 Å². The number of carbonyl (C=O) groups excluding carboxylic acids is 1. The highest BCUT2D eigenvalue weighted by Gasteiger charge is 2.08. The molecule has 0 saturated carbocycles. The van der Waals surface area contributed by atoms with E-state index in [2.05, 4.69) is 5.32 Å². The van der Waals surface area contributed by atoms with Crippen LogP contribution in [0.25, 0.3) is 0 Å². The van der Waals surface area contributed by atoms with E-state index in [9.17, 15) is 4.79 Å². The Hall–Kier alpha value is -0.810. The molecule has 0 atom stereocenters. The van der Waals surface area contributed by atoms with E-state index in [0.717, 1.165) is 0 Å². The first-order valence-electron chi connectivity index (χ1n) is 4.88. The minimum absolute atomic E-state index is 0.0730. The van der Waals surface area contributed by atoms with E-state index >= 15 is 0 Å². The summed E-state index contributed by atoms with van der Waals surface area (Å²) in [6.45, 7) is 0.485. The number of nitrogens with one attached hydrogen (secondary N) is 1. The SMILES string of the molecule is [2H]C1([2H])COCCN1CCNC(N)=O. The van der Waals surface area contributed by atoms with Gasteiger partial charge in [-0.1, -0.05) is 0 Å². The fourth-order valence-corrected chi connectivity index (χ4v) is 0.968. The van der Waals surface area contributed by atoms with E-state index in [0.29, 0.717) is 26.2 Å². The number of carbonyl (C=O) groups is 1. The number of ether oxygens (including phenoxy) is 1. The molecule has 0 aromatic rings. The van der Waals surface area contributed by atoms with Crippen molar-refractivity contribution < 1.29 is 12.3 Å². The molecule has 1 rings (SSSR count). The number of nitrogens with two attached hydrogens (primary N) is 1. The lowest BCUT2D eigenvalue weighted by atomic mass is 10.4. The van der Waals surface area contributed by atoms with Crippen molar-refractivity contribution in [1.29, 1.82) is 0 Å². The Balaban J connectivity index is 2.31. The summed E-state index contributed by atoms with van der Waals surface area (Å²) in [5.74, 6) is 0. The Labute approximate surface area is 74.7 Å². The fourth-order valence-electron chi connectivity index (χ4n) is 0.968. The van der Waals surface area contributed by atoms with Crippen LogP contribution in [0.5, 0.6) is 0 Å². The van der Waals surface area contributed by atoms with Crippen LogP contribution >= 0.6 is 0 Å². The van der Waals surface area contributed by atoms with Gasteiger partial charge in [0.2, 0.25) is 0 Å². The van der Waals surface area contributed by atoms with Crippen LogP contribution in [0.2, 0.25) is 0 Å². The predicted octanol–water partition coefficient (Wildman–Crippen LogP) is -1.01. The van der Waals surface area contributed by atoms with Crippen molar-refractivity contribution in [3.63, 3.8) is 0 Å². The number of primary amides is 1. The van der Waals surface area contributed by atoms with Crippen molar-refractivity contribution in [3.8, 4) is 0 Å². The van der Waals surface area contributed by atoms with Crippen molar-refractivity contribution in [2.24, 2.45) is 5.73 Å². The van der Waals surface area contributed by atoms with Crippen molar-refractivity contribution in [2.45, 2.75) is 0 Å². The summed E-state index contributed by atoms with van der Waals surface area (Å²) < 4.78 is 20.2. The van der Waals surface area contributed by atoms with Crippen LogP contribution in [0.1, 0.15) is 2.74 Å². The zero-order chi connectivity index (χ0) is 10.6. The third kappa shape index (κ3) is 3.54. The summed E-state index contributed by atoms with van der Waals surface area (Å²) in [4.78, 5) is 12.0. The molecule has 12 heavy (non-hydrogen) atoms. The molecule has 1 saturated heterocycles. The number of rotatable bonds is 3. The summed E-state index contributed by atoms with van der Waals surface area (Å²) in [5.41, 5.74) is 4.89. The van der Waals surface area contributed by atoms with Gasteiger partial charge in [-0.15, -0.1) is 0 Å². The molecular formula is C7H15N3O2. The van der Waals surface area contributed by atoms with Crippen molar-refractivity contribution in [3.05, 3.63) is 0 Å². The molecule has 5 nitrogen and oxygen atoms in total. The van der Waals surface area contributed by atoms with Crippen LogP contribution < -0.4 is 11.1 Å². The molecule has 70 valence electrons. The maximum absolute atomic E-state index is 10.4. The van der Waals surface area contributed by atoms with Crippen molar-refractivity contribution in [1.82, 2.24) is 10.2 Å². The van der Waals surface area contributed by atoms with E-state index in [-0.39, 0.29) is 6.61 Å². The molecule has 3 N–H and O–H groups in total. The minimum atomic E-state index is -1.45. The van der Waals surface area contributed by atoms with E-state index < -0.39 is 12.5 Å². The molecule has 0 spiro atoms. The molecule has 0 aromatic heterocycles. The third-order valence-electron chi connectivity index (χ3n) is 1.58. The summed E-state index contributed by atoms with van der Waals surface area (Å²) >= 11 is 0. The lowest BCUT2D eigenvalue weighted by Gasteiger charge is -2.26. The molecule has 0 radical (unpaired) electrons. The fraction of sp³-hybridized carbons (Fsp3) is 0.857. The normalized spacial score (nSPS) is 25.7. The number of nitrogens with zero attached hydrogens (tertiary/aromatic N) is 1. The molecule has 2 amide bonds. The first-order valence-corrected chi connectivity index (χ1v) is 3.88.